The zero-order valence-electron chi connectivity index (χ0n) is 12.4. The molecule has 0 fully saturated rings. The van der Waals surface area contributed by atoms with Crippen LogP contribution in [-0.4, -0.2) is 8.75 Å². The molecule has 0 aliphatic heterocycles. The summed E-state index contributed by atoms with van der Waals surface area (Å²) in [5.74, 6) is 0.387. The lowest BCUT2D eigenvalue weighted by Gasteiger charge is -2.09. The van der Waals surface area contributed by atoms with Gasteiger partial charge in [0.1, 0.15) is 16.9 Å². The maximum Gasteiger partial charge on any atom is 0.131 e. The summed E-state index contributed by atoms with van der Waals surface area (Å²) in [5.41, 5.74) is 3.60. The summed E-state index contributed by atoms with van der Waals surface area (Å²) >= 11 is 7.19. The van der Waals surface area contributed by atoms with Crippen LogP contribution in [-0.2, 0) is 6.42 Å². The number of benzene rings is 2. The van der Waals surface area contributed by atoms with Crippen LogP contribution in [0.25, 0.3) is 22.2 Å². The average Bonchev–Trinajstić information content (AvgIpc) is 2.97. The molecule has 0 aliphatic carbocycles. The van der Waals surface area contributed by atoms with Gasteiger partial charge in [0.2, 0.25) is 0 Å². The molecule has 0 amide bonds. The van der Waals surface area contributed by atoms with Crippen molar-refractivity contribution in [3.05, 3.63) is 46.7 Å². The molecule has 5 heteroatoms. The fourth-order valence-electron chi connectivity index (χ4n) is 2.44. The number of hydrogen-bond acceptors (Lipinski definition) is 3. The summed E-state index contributed by atoms with van der Waals surface area (Å²) in [4.78, 5) is 0. The van der Waals surface area contributed by atoms with E-state index in [1.165, 1.54) is 0 Å². The van der Waals surface area contributed by atoms with Crippen LogP contribution in [0, 0.1) is 11.7 Å². The van der Waals surface area contributed by atoms with Crippen molar-refractivity contribution >= 4 is 34.4 Å². The largest absolute Gasteiger partial charge is 0.206 e. The molecular weight excluding hydrogens is 319 g/mol. The standard InChI is InChI=1S/C17H16ClFN2S/c1-10(2)3-4-11-5-6-12(15(19)9-11)13-7-8-14(18)17-16(13)20-22-21-17/h5-10H,3-4H2,1-2H3. The monoisotopic (exact) mass is 334 g/mol. The Labute approximate surface area is 138 Å². The van der Waals surface area contributed by atoms with Crippen LogP contribution in [0.5, 0.6) is 0 Å². The topological polar surface area (TPSA) is 25.8 Å². The lowest BCUT2D eigenvalue weighted by Crippen LogP contribution is -1.94. The molecule has 0 N–H and O–H groups in total. The summed E-state index contributed by atoms with van der Waals surface area (Å²) in [6, 6.07) is 8.98. The van der Waals surface area contributed by atoms with Gasteiger partial charge in [0.15, 0.2) is 0 Å². The molecule has 114 valence electrons. The number of aryl methyl sites for hydroxylation is 1. The molecule has 3 aromatic rings. The minimum atomic E-state index is -0.224. The first-order valence-corrected chi connectivity index (χ1v) is 8.36. The van der Waals surface area contributed by atoms with Gasteiger partial charge in [0, 0.05) is 11.1 Å². The van der Waals surface area contributed by atoms with Gasteiger partial charge in [-0.15, -0.1) is 0 Å². The van der Waals surface area contributed by atoms with Crippen molar-refractivity contribution < 1.29 is 4.39 Å². The third kappa shape index (κ3) is 2.99. The van der Waals surface area contributed by atoms with Gasteiger partial charge in [-0.3, -0.25) is 0 Å². The van der Waals surface area contributed by atoms with Gasteiger partial charge in [-0.2, -0.15) is 8.75 Å². The molecule has 0 unspecified atom stereocenters. The van der Waals surface area contributed by atoms with E-state index >= 15 is 0 Å². The van der Waals surface area contributed by atoms with E-state index in [4.69, 9.17) is 11.6 Å². The third-order valence-corrected chi connectivity index (χ3v) is 4.53. The summed E-state index contributed by atoms with van der Waals surface area (Å²) in [5, 5.41) is 0.543. The molecule has 0 bridgehead atoms. The summed E-state index contributed by atoms with van der Waals surface area (Å²) < 4.78 is 23.0. The molecule has 0 atom stereocenters. The van der Waals surface area contributed by atoms with Crippen molar-refractivity contribution in [1.82, 2.24) is 8.75 Å². The summed E-state index contributed by atoms with van der Waals surface area (Å²) in [6.07, 6.45) is 1.95. The van der Waals surface area contributed by atoms with Gasteiger partial charge in [0.25, 0.3) is 0 Å². The summed E-state index contributed by atoms with van der Waals surface area (Å²) in [7, 11) is 0. The van der Waals surface area contributed by atoms with E-state index in [0.29, 0.717) is 27.5 Å². The van der Waals surface area contributed by atoms with Crippen molar-refractivity contribution in [1.29, 1.82) is 0 Å². The second-order valence-electron chi connectivity index (χ2n) is 5.80. The Hall–Kier alpha value is -1.52. The normalized spacial score (nSPS) is 11.5. The average molecular weight is 335 g/mol. The van der Waals surface area contributed by atoms with Crippen molar-refractivity contribution in [3.8, 4) is 11.1 Å². The Morgan fingerprint density at radius 1 is 1.09 bits per heavy atom. The highest BCUT2D eigenvalue weighted by Crippen LogP contribution is 2.33. The van der Waals surface area contributed by atoms with E-state index in [0.717, 1.165) is 35.7 Å². The van der Waals surface area contributed by atoms with Crippen molar-refractivity contribution in [2.45, 2.75) is 26.7 Å². The molecule has 22 heavy (non-hydrogen) atoms. The summed E-state index contributed by atoms with van der Waals surface area (Å²) in [6.45, 7) is 4.34. The van der Waals surface area contributed by atoms with Crippen LogP contribution in [0.1, 0.15) is 25.8 Å². The molecule has 2 aromatic carbocycles. The molecule has 0 saturated carbocycles. The molecule has 2 nitrogen and oxygen atoms in total. The molecule has 0 aliphatic rings. The zero-order valence-corrected chi connectivity index (χ0v) is 14.0. The number of nitrogens with zero attached hydrogens (tertiary/aromatic N) is 2. The van der Waals surface area contributed by atoms with Crippen LogP contribution in [0.3, 0.4) is 0 Å². The van der Waals surface area contributed by atoms with Crippen LogP contribution in [0.15, 0.2) is 30.3 Å². The zero-order chi connectivity index (χ0) is 15.7. The predicted molar refractivity (Wildman–Crippen MR) is 91.0 cm³/mol. The Balaban J connectivity index is 2.00. The number of fused-ring (bicyclic) bond motifs is 1. The smallest absolute Gasteiger partial charge is 0.131 e. The molecule has 1 aromatic heterocycles. The minimum absolute atomic E-state index is 0.224. The second kappa shape index (κ2) is 6.31. The van der Waals surface area contributed by atoms with Crippen LogP contribution >= 0.6 is 23.3 Å². The van der Waals surface area contributed by atoms with E-state index in [-0.39, 0.29) is 5.82 Å². The number of aromatic nitrogens is 2. The highest BCUT2D eigenvalue weighted by molar-refractivity contribution is 7.00. The second-order valence-corrected chi connectivity index (χ2v) is 6.74. The Kier molecular flexibility index (Phi) is 4.41. The van der Waals surface area contributed by atoms with Crippen molar-refractivity contribution in [3.63, 3.8) is 0 Å². The quantitative estimate of drug-likeness (QED) is 0.608. The molecule has 1 heterocycles. The fraction of sp³-hybridized carbons (Fsp3) is 0.294. The van der Waals surface area contributed by atoms with Gasteiger partial charge in [-0.05, 0) is 36.5 Å². The first-order valence-electron chi connectivity index (χ1n) is 7.26. The van der Waals surface area contributed by atoms with Crippen LogP contribution in [0.2, 0.25) is 5.02 Å². The molecule has 0 radical (unpaired) electrons. The lowest BCUT2D eigenvalue weighted by molar-refractivity contribution is 0.582. The van der Waals surface area contributed by atoms with Gasteiger partial charge >= 0.3 is 0 Å². The van der Waals surface area contributed by atoms with Gasteiger partial charge in [-0.25, -0.2) is 4.39 Å². The predicted octanol–water partition coefficient (Wildman–Crippen LogP) is 5.74. The van der Waals surface area contributed by atoms with E-state index < -0.39 is 0 Å². The number of halogens is 2. The molecular formula is C17H16ClFN2S. The highest BCUT2D eigenvalue weighted by atomic mass is 35.5. The number of hydrogen-bond donors (Lipinski definition) is 0. The Morgan fingerprint density at radius 3 is 2.55 bits per heavy atom. The minimum Gasteiger partial charge on any atom is -0.206 e. The van der Waals surface area contributed by atoms with Crippen molar-refractivity contribution in [2.24, 2.45) is 5.92 Å². The lowest BCUT2D eigenvalue weighted by atomic mass is 9.98. The van der Waals surface area contributed by atoms with Crippen LogP contribution < -0.4 is 0 Å². The Morgan fingerprint density at radius 2 is 1.82 bits per heavy atom. The van der Waals surface area contributed by atoms with Gasteiger partial charge in [0.05, 0.1) is 16.8 Å². The van der Waals surface area contributed by atoms with E-state index in [1.807, 2.05) is 12.1 Å². The SMILES string of the molecule is CC(C)CCc1ccc(-c2ccc(Cl)c3nsnc23)c(F)c1. The van der Waals surface area contributed by atoms with Crippen LogP contribution in [0.4, 0.5) is 4.39 Å². The first kappa shape index (κ1) is 15.4. The van der Waals surface area contributed by atoms with E-state index in [9.17, 15) is 4.39 Å². The maximum atomic E-state index is 14.5. The molecule has 0 saturated heterocycles. The van der Waals surface area contributed by atoms with E-state index in [1.54, 1.807) is 18.2 Å². The molecule has 3 rings (SSSR count). The van der Waals surface area contributed by atoms with E-state index in [2.05, 4.69) is 22.6 Å². The maximum absolute atomic E-state index is 14.5. The number of rotatable bonds is 4. The fourth-order valence-corrected chi connectivity index (χ4v) is 3.26. The third-order valence-electron chi connectivity index (χ3n) is 3.70. The van der Waals surface area contributed by atoms with Gasteiger partial charge < -0.3 is 0 Å². The van der Waals surface area contributed by atoms with Gasteiger partial charge in [-0.1, -0.05) is 43.6 Å². The molecule has 0 spiro atoms. The van der Waals surface area contributed by atoms with Crippen molar-refractivity contribution in [2.75, 3.05) is 0 Å². The first-order chi connectivity index (χ1) is 10.6. The highest BCUT2D eigenvalue weighted by Gasteiger charge is 2.14. The Bertz CT molecular complexity index is 814.